The van der Waals surface area contributed by atoms with Gasteiger partial charge in [0.25, 0.3) is 10.0 Å². The van der Waals surface area contributed by atoms with Crippen molar-refractivity contribution in [2.24, 2.45) is 7.05 Å². The van der Waals surface area contributed by atoms with Crippen molar-refractivity contribution in [1.82, 2.24) is 25.0 Å². The SMILES string of the molecule is Cn1nncc1S(=O)(=O)NCC1CCCCN1. The van der Waals surface area contributed by atoms with E-state index >= 15 is 0 Å². The molecule has 2 rings (SSSR count). The minimum atomic E-state index is -3.50. The Morgan fingerprint density at radius 3 is 3.00 bits per heavy atom. The molecule has 1 aromatic rings. The lowest BCUT2D eigenvalue weighted by atomic mass is 10.1. The quantitative estimate of drug-likeness (QED) is 0.741. The van der Waals surface area contributed by atoms with E-state index in [9.17, 15) is 8.42 Å². The van der Waals surface area contributed by atoms with E-state index in [0.717, 1.165) is 25.8 Å². The largest absolute Gasteiger partial charge is 0.313 e. The summed E-state index contributed by atoms with van der Waals surface area (Å²) in [4.78, 5) is 0. The molecule has 17 heavy (non-hydrogen) atoms. The molecule has 0 bridgehead atoms. The molecule has 1 saturated heterocycles. The third-order valence-electron chi connectivity index (χ3n) is 2.88. The molecule has 8 heteroatoms. The lowest BCUT2D eigenvalue weighted by Gasteiger charge is -2.23. The summed E-state index contributed by atoms with van der Waals surface area (Å²) in [6.45, 7) is 1.37. The number of sulfonamides is 1. The fourth-order valence-corrected chi connectivity index (χ4v) is 3.04. The summed E-state index contributed by atoms with van der Waals surface area (Å²) in [5.74, 6) is 0. The van der Waals surface area contributed by atoms with Crippen molar-refractivity contribution in [1.29, 1.82) is 0 Å². The number of rotatable bonds is 4. The Morgan fingerprint density at radius 1 is 1.59 bits per heavy atom. The molecule has 2 N–H and O–H groups in total. The van der Waals surface area contributed by atoms with Crippen molar-refractivity contribution < 1.29 is 8.42 Å². The third kappa shape index (κ3) is 3.02. The van der Waals surface area contributed by atoms with E-state index < -0.39 is 10.0 Å². The third-order valence-corrected chi connectivity index (χ3v) is 4.35. The molecule has 0 aliphatic carbocycles. The van der Waals surface area contributed by atoms with Crippen molar-refractivity contribution >= 4 is 10.0 Å². The average molecular weight is 259 g/mol. The molecule has 0 spiro atoms. The fraction of sp³-hybridized carbons (Fsp3) is 0.778. The van der Waals surface area contributed by atoms with Gasteiger partial charge in [0.2, 0.25) is 0 Å². The Bertz CT molecular complexity index is 463. The van der Waals surface area contributed by atoms with Gasteiger partial charge < -0.3 is 5.32 Å². The second kappa shape index (κ2) is 5.11. The Hall–Kier alpha value is -0.990. The summed E-state index contributed by atoms with van der Waals surface area (Å²) in [6, 6.07) is 0.222. The first-order chi connectivity index (χ1) is 8.09. The first-order valence-corrected chi connectivity index (χ1v) is 7.15. The van der Waals surface area contributed by atoms with E-state index in [0.29, 0.717) is 6.54 Å². The second-order valence-corrected chi connectivity index (χ2v) is 5.91. The van der Waals surface area contributed by atoms with Crippen LogP contribution < -0.4 is 10.0 Å². The van der Waals surface area contributed by atoms with Crippen molar-refractivity contribution in [2.75, 3.05) is 13.1 Å². The predicted molar refractivity (Wildman–Crippen MR) is 61.8 cm³/mol. The summed E-state index contributed by atoms with van der Waals surface area (Å²) in [6.07, 6.45) is 4.56. The average Bonchev–Trinajstić information content (AvgIpc) is 2.75. The monoisotopic (exact) mass is 259 g/mol. The number of nitrogens with zero attached hydrogens (tertiary/aromatic N) is 3. The molecular weight excluding hydrogens is 242 g/mol. The van der Waals surface area contributed by atoms with Crippen molar-refractivity contribution in [3.63, 3.8) is 0 Å². The smallest absolute Gasteiger partial charge is 0.259 e. The van der Waals surface area contributed by atoms with Gasteiger partial charge in [-0.25, -0.2) is 17.8 Å². The molecule has 0 amide bonds. The van der Waals surface area contributed by atoms with Crippen LogP contribution in [0.1, 0.15) is 19.3 Å². The molecule has 1 unspecified atom stereocenters. The highest BCUT2D eigenvalue weighted by Gasteiger charge is 2.21. The lowest BCUT2D eigenvalue weighted by molar-refractivity contribution is 0.397. The van der Waals surface area contributed by atoms with Crippen LogP contribution in [-0.2, 0) is 17.1 Å². The molecule has 0 aromatic carbocycles. The highest BCUT2D eigenvalue weighted by Crippen LogP contribution is 2.08. The Morgan fingerprint density at radius 2 is 2.41 bits per heavy atom. The number of piperidine rings is 1. The topological polar surface area (TPSA) is 88.9 Å². The van der Waals surface area contributed by atoms with Gasteiger partial charge in [0.15, 0.2) is 5.03 Å². The first-order valence-electron chi connectivity index (χ1n) is 5.67. The molecule has 1 fully saturated rings. The fourth-order valence-electron chi connectivity index (χ4n) is 1.91. The number of hydrogen-bond donors (Lipinski definition) is 2. The number of aryl methyl sites for hydroxylation is 1. The van der Waals surface area contributed by atoms with Crippen LogP contribution in [0.3, 0.4) is 0 Å². The van der Waals surface area contributed by atoms with Gasteiger partial charge in [0, 0.05) is 19.6 Å². The molecule has 2 heterocycles. The van der Waals surface area contributed by atoms with E-state index in [-0.39, 0.29) is 11.1 Å². The maximum Gasteiger partial charge on any atom is 0.259 e. The highest BCUT2D eigenvalue weighted by molar-refractivity contribution is 7.89. The Labute approximate surface area is 101 Å². The Balaban J connectivity index is 1.96. The maximum atomic E-state index is 11.9. The van der Waals surface area contributed by atoms with Gasteiger partial charge in [-0.05, 0) is 19.4 Å². The van der Waals surface area contributed by atoms with Crippen LogP contribution in [-0.4, -0.2) is 42.5 Å². The van der Waals surface area contributed by atoms with Gasteiger partial charge in [0.05, 0.1) is 6.20 Å². The van der Waals surface area contributed by atoms with Gasteiger partial charge in [-0.1, -0.05) is 11.6 Å². The van der Waals surface area contributed by atoms with E-state index in [1.165, 1.54) is 10.9 Å². The Kier molecular flexibility index (Phi) is 3.75. The molecule has 0 radical (unpaired) electrons. The van der Waals surface area contributed by atoms with E-state index in [4.69, 9.17) is 0 Å². The molecule has 1 aliphatic rings. The summed E-state index contributed by atoms with van der Waals surface area (Å²) in [5.41, 5.74) is 0. The maximum absolute atomic E-state index is 11.9. The summed E-state index contributed by atoms with van der Waals surface area (Å²) in [5, 5.41) is 10.5. The van der Waals surface area contributed by atoms with E-state index in [1.807, 2.05) is 0 Å². The van der Waals surface area contributed by atoms with Gasteiger partial charge >= 0.3 is 0 Å². The zero-order chi connectivity index (χ0) is 12.3. The van der Waals surface area contributed by atoms with Gasteiger partial charge in [-0.15, -0.1) is 5.10 Å². The van der Waals surface area contributed by atoms with E-state index in [1.54, 1.807) is 7.05 Å². The van der Waals surface area contributed by atoms with Crippen molar-refractivity contribution in [3.05, 3.63) is 6.20 Å². The molecule has 1 aliphatic heterocycles. The van der Waals surface area contributed by atoms with Crippen LogP contribution in [0.5, 0.6) is 0 Å². The molecule has 96 valence electrons. The molecular formula is C9H17N5O2S. The van der Waals surface area contributed by atoms with Crippen LogP contribution in [0, 0.1) is 0 Å². The lowest BCUT2D eigenvalue weighted by Crippen LogP contribution is -2.43. The number of nitrogens with one attached hydrogen (secondary N) is 2. The zero-order valence-corrected chi connectivity index (χ0v) is 10.6. The molecule has 1 aromatic heterocycles. The van der Waals surface area contributed by atoms with Gasteiger partial charge in [-0.3, -0.25) is 0 Å². The van der Waals surface area contributed by atoms with Gasteiger partial charge in [-0.2, -0.15) is 0 Å². The number of aromatic nitrogens is 3. The van der Waals surface area contributed by atoms with E-state index in [2.05, 4.69) is 20.4 Å². The van der Waals surface area contributed by atoms with Crippen LogP contribution in [0.4, 0.5) is 0 Å². The van der Waals surface area contributed by atoms with Crippen LogP contribution in [0.2, 0.25) is 0 Å². The summed E-state index contributed by atoms with van der Waals surface area (Å²) < 4.78 is 27.7. The van der Waals surface area contributed by atoms with Crippen molar-refractivity contribution in [3.8, 4) is 0 Å². The second-order valence-electron chi connectivity index (χ2n) is 4.19. The zero-order valence-electron chi connectivity index (χ0n) is 9.76. The molecule has 7 nitrogen and oxygen atoms in total. The molecule has 0 saturated carbocycles. The normalized spacial score (nSPS) is 21.6. The highest BCUT2D eigenvalue weighted by atomic mass is 32.2. The number of hydrogen-bond acceptors (Lipinski definition) is 5. The van der Waals surface area contributed by atoms with Crippen LogP contribution >= 0.6 is 0 Å². The summed E-state index contributed by atoms with van der Waals surface area (Å²) in [7, 11) is -1.94. The minimum absolute atomic E-state index is 0.0910. The van der Waals surface area contributed by atoms with Crippen LogP contribution in [0.25, 0.3) is 0 Å². The first kappa shape index (κ1) is 12.5. The predicted octanol–water partition coefficient (Wildman–Crippen LogP) is -0.764. The minimum Gasteiger partial charge on any atom is -0.313 e. The van der Waals surface area contributed by atoms with Crippen LogP contribution in [0.15, 0.2) is 11.2 Å². The van der Waals surface area contributed by atoms with Crippen molar-refractivity contribution in [2.45, 2.75) is 30.3 Å². The van der Waals surface area contributed by atoms with Gasteiger partial charge in [0.1, 0.15) is 0 Å². The molecule has 1 atom stereocenters. The standard InChI is InChI=1S/C9H17N5O2S/c1-14-9(7-11-13-14)17(15,16)12-6-8-4-2-3-5-10-8/h7-8,10,12H,2-6H2,1H3. The summed E-state index contributed by atoms with van der Waals surface area (Å²) >= 11 is 0.